The standard InChI is InChI=1S/C37H43N3O5S/c1-5-29(4)38-37(42)35(25-30-13-9-7-10-14-30)39(26-31-15-11-8-12-16-31)36(41)27-40(32-19-21-33(22-20-32)45-6-2)46(43,44)34-23-17-28(3)18-24-34/h7-24,29,35H,5-6,25-27H2,1-4H3,(H,38,42)/t29-,35-/m1/s1. The third-order valence-corrected chi connectivity index (χ3v) is 9.58. The summed E-state index contributed by atoms with van der Waals surface area (Å²) in [6.45, 7) is 7.70. The number of anilines is 1. The van der Waals surface area contributed by atoms with E-state index in [1.807, 2.05) is 88.4 Å². The normalized spacial score (nSPS) is 12.5. The van der Waals surface area contributed by atoms with E-state index in [1.54, 1.807) is 36.4 Å². The highest BCUT2D eigenvalue weighted by molar-refractivity contribution is 7.92. The molecule has 0 unspecified atom stereocenters. The Morgan fingerprint density at radius 2 is 1.39 bits per heavy atom. The lowest BCUT2D eigenvalue weighted by Gasteiger charge is -2.34. The van der Waals surface area contributed by atoms with E-state index in [1.165, 1.54) is 17.0 Å². The summed E-state index contributed by atoms with van der Waals surface area (Å²) in [7, 11) is -4.18. The number of hydrogen-bond acceptors (Lipinski definition) is 5. The molecule has 0 fully saturated rings. The predicted molar refractivity (Wildman–Crippen MR) is 182 cm³/mol. The predicted octanol–water partition coefficient (Wildman–Crippen LogP) is 6.14. The molecule has 1 N–H and O–H groups in total. The van der Waals surface area contributed by atoms with Crippen LogP contribution in [0.2, 0.25) is 0 Å². The van der Waals surface area contributed by atoms with Crippen LogP contribution in [0.3, 0.4) is 0 Å². The maximum atomic E-state index is 14.5. The van der Waals surface area contributed by atoms with Gasteiger partial charge in [0.05, 0.1) is 17.2 Å². The molecule has 9 heteroatoms. The average molecular weight is 642 g/mol. The van der Waals surface area contributed by atoms with Crippen LogP contribution >= 0.6 is 0 Å². The highest BCUT2D eigenvalue weighted by atomic mass is 32.2. The van der Waals surface area contributed by atoms with Gasteiger partial charge in [-0.05, 0) is 74.7 Å². The number of ether oxygens (including phenoxy) is 1. The van der Waals surface area contributed by atoms with Gasteiger partial charge in [0.15, 0.2) is 0 Å². The lowest BCUT2D eigenvalue weighted by molar-refractivity contribution is -0.140. The summed E-state index contributed by atoms with van der Waals surface area (Å²) in [4.78, 5) is 30.0. The van der Waals surface area contributed by atoms with Crippen molar-refractivity contribution in [3.8, 4) is 5.75 Å². The molecule has 0 aromatic heterocycles. The van der Waals surface area contributed by atoms with Crippen molar-refractivity contribution < 1.29 is 22.7 Å². The SMILES string of the molecule is CCOc1ccc(N(CC(=O)N(Cc2ccccc2)[C@H](Cc2ccccc2)C(=O)N[C@H](C)CC)S(=O)(=O)c2ccc(C)cc2)cc1. The minimum absolute atomic E-state index is 0.0599. The van der Waals surface area contributed by atoms with Crippen molar-refractivity contribution in [3.63, 3.8) is 0 Å². The highest BCUT2D eigenvalue weighted by Gasteiger charge is 2.35. The smallest absolute Gasteiger partial charge is 0.264 e. The molecule has 0 radical (unpaired) electrons. The summed E-state index contributed by atoms with van der Waals surface area (Å²) in [5, 5.41) is 3.06. The number of aryl methyl sites for hydroxylation is 1. The van der Waals surface area contributed by atoms with Crippen molar-refractivity contribution in [2.75, 3.05) is 17.5 Å². The number of hydrogen-bond donors (Lipinski definition) is 1. The van der Waals surface area contributed by atoms with E-state index in [0.717, 1.165) is 27.4 Å². The van der Waals surface area contributed by atoms with Gasteiger partial charge in [0, 0.05) is 19.0 Å². The second kappa shape index (κ2) is 16.1. The first-order valence-corrected chi connectivity index (χ1v) is 17.1. The van der Waals surface area contributed by atoms with Crippen LogP contribution in [0.1, 0.15) is 43.9 Å². The molecule has 46 heavy (non-hydrogen) atoms. The Bertz CT molecular complexity index is 1660. The molecular formula is C37H43N3O5S. The first kappa shape index (κ1) is 34.2. The second-order valence-electron chi connectivity index (χ2n) is 11.3. The molecule has 2 amide bonds. The van der Waals surface area contributed by atoms with Gasteiger partial charge in [-0.3, -0.25) is 13.9 Å². The fraction of sp³-hybridized carbons (Fsp3) is 0.297. The average Bonchev–Trinajstić information content (AvgIpc) is 3.06. The van der Waals surface area contributed by atoms with Gasteiger partial charge in [0.1, 0.15) is 18.3 Å². The molecule has 0 aliphatic carbocycles. The lowest BCUT2D eigenvalue weighted by atomic mass is 10.0. The molecule has 4 aromatic rings. The van der Waals surface area contributed by atoms with Gasteiger partial charge in [-0.25, -0.2) is 8.42 Å². The summed E-state index contributed by atoms with van der Waals surface area (Å²) in [5.41, 5.74) is 2.92. The van der Waals surface area contributed by atoms with Crippen LogP contribution < -0.4 is 14.4 Å². The monoisotopic (exact) mass is 641 g/mol. The van der Waals surface area contributed by atoms with E-state index < -0.39 is 28.5 Å². The van der Waals surface area contributed by atoms with Gasteiger partial charge in [0.2, 0.25) is 11.8 Å². The largest absolute Gasteiger partial charge is 0.494 e. The number of amides is 2. The molecule has 0 heterocycles. The molecule has 8 nitrogen and oxygen atoms in total. The van der Waals surface area contributed by atoms with Crippen molar-refractivity contribution in [1.82, 2.24) is 10.2 Å². The zero-order valence-electron chi connectivity index (χ0n) is 26.9. The molecular weight excluding hydrogens is 598 g/mol. The number of rotatable bonds is 15. The summed E-state index contributed by atoms with van der Waals surface area (Å²) >= 11 is 0. The van der Waals surface area contributed by atoms with Gasteiger partial charge in [0.25, 0.3) is 10.0 Å². The first-order valence-electron chi connectivity index (χ1n) is 15.6. The van der Waals surface area contributed by atoms with Crippen molar-refractivity contribution in [2.45, 2.75) is 64.1 Å². The third kappa shape index (κ3) is 8.97. The summed E-state index contributed by atoms with van der Waals surface area (Å²) in [6, 6.07) is 31.1. The highest BCUT2D eigenvalue weighted by Crippen LogP contribution is 2.27. The van der Waals surface area contributed by atoms with Crippen LogP contribution in [0.5, 0.6) is 5.75 Å². The van der Waals surface area contributed by atoms with Crippen LogP contribution in [0.15, 0.2) is 114 Å². The van der Waals surface area contributed by atoms with Crippen LogP contribution in [0.25, 0.3) is 0 Å². The molecule has 0 bridgehead atoms. The van der Waals surface area contributed by atoms with Gasteiger partial charge < -0.3 is 15.0 Å². The second-order valence-corrected chi connectivity index (χ2v) is 13.1. The van der Waals surface area contributed by atoms with Crippen molar-refractivity contribution in [1.29, 1.82) is 0 Å². The zero-order chi connectivity index (χ0) is 33.1. The maximum absolute atomic E-state index is 14.5. The molecule has 0 saturated heterocycles. The van der Waals surface area contributed by atoms with Gasteiger partial charge in [-0.1, -0.05) is 85.3 Å². The number of carbonyl (C=O) groups is 2. The molecule has 0 saturated carbocycles. The van der Waals surface area contributed by atoms with E-state index in [9.17, 15) is 18.0 Å². The number of nitrogens with zero attached hydrogens (tertiary/aromatic N) is 2. The minimum atomic E-state index is -4.18. The Balaban J connectivity index is 1.79. The Morgan fingerprint density at radius 1 is 0.804 bits per heavy atom. The van der Waals surface area contributed by atoms with E-state index in [0.29, 0.717) is 18.0 Å². The zero-order valence-corrected chi connectivity index (χ0v) is 27.7. The van der Waals surface area contributed by atoms with Crippen molar-refractivity contribution in [2.24, 2.45) is 0 Å². The minimum Gasteiger partial charge on any atom is -0.494 e. The van der Waals surface area contributed by atoms with E-state index in [2.05, 4.69) is 5.32 Å². The fourth-order valence-electron chi connectivity index (χ4n) is 5.02. The Labute approximate surface area is 273 Å². The Hall–Kier alpha value is -4.63. The van der Waals surface area contributed by atoms with Crippen LogP contribution in [-0.4, -0.2) is 50.4 Å². The maximum Gasteiger partial charge on any atom is 0.264 e. The quantitative estimate of drug-likeness (QED) is 0.168. The number of benzene rings is 4. The summed E-state index contributed by atoms with van der Waals surface area (Å²) < 4.78 is 35.1. The van der Waals surface area contributed by atoms with Crippen LogP contribution in [-0.2, 0) is 32.6 Å². The van der Waals surface area contributed by atoms with Crippen LogP contribution in [0.4, 0.5) is 5.69 Å². The Kier molecular flexibility index (Phi) is 12.0. The fourth-order valence-corrected chi connectivity index (χ4v) is 6.43. The molecule has 0 aliphatic rings. The first-order chi connectivity index (χ1) is 22.1. The summed E-state index contributed by atoms with van der Waals surface area (Å²) in [5.74, 6) is -0.217. The number of sulfonamides is 1. The van der Waals surface area contributed by atoms with Gasteiger partial charge in [-0.2, -0.15) is 0 Å². The van der Waals surface area contributed by atoms with Gasteiger partial charge >= 0.3 is 0 Å². The molecule has 4 rings (SSSR count). The summed E-state index contributed by atoms with van der Waals surface area (Å²) in [6.07, 6.45) is 0.978. The molecule has 242 valence electrons. The lowest BCUT2D eigenvalue weighted by Crippen LogP contribution is -2.54. The molecule has 0 aliphatic heterocycles. The van der Waals surface area contributed by atoms with E-state index >= 15 is 0 Å². The van der Waals surface area contributed by atoms with Gasteiger partial charge in [-0.15, -0.1) is 0 Å². The molecule has 2 atom stereocenters. The molecule has 4 aromatic carbocycles. The van der Waals surface area contributed by atoms with E-state index in [4.69, 9.17) is 4.74 Å². The number of carbonyl (C=O) groups excluding carboxylic acids is 2. The van der Waals surface area contributed by atoms with Crippen molar-refractivity contribution in [3.05, 3.63) is 126 Å². The number of nitrogens with one attached hydrogen (secondary N) is 1. The van der Waals surface area contributed by atoms with Crippen LogP contribution in [0, 0.1) is 6.92 Å². The van der Waals surface area contributed by atoms with Crippen molar-refractivity contribution >= 4 is 27.5 Å². The Morgan fingerprint density at radius 3 is 1.96 bits per heavy atom. The topological polar surface area (TPSA) is 96.0 Å². The van der Waals surface area contributed by atoms with E-state index in [-0.39, 0.29) is 29.8 Å². The molecule has 0 spiro atoms. The third-order valence-electron chi connectivity index (χ3n) is 7.79.